The second-order valence-electron chi connectivity index (χ2n) is 5.73. The van der Waals surface area contributed by atoms with Gasteiger partial charge in [0.05, 0.1) is 5.56 Å². The summed E-state index contributed by atoms with van der Waals surface area (Å²) >= 11 is 3.41. The quantitative estimate of drug-likeness (QED) is 0.627. The highest BCUT2D eigenvalue weighted by atomic mass is 32.2. The summed E-state index contributed by atoms with van der Waals surface area (Å²) in [6.07, 6.45) is 0. The van der Waals surface area contributed by atoms with Crippen LogP contribution in [0.25, 0.3) is 0 Å². The molecule has 0 unspecified atom stereocenters. The predicted molar refractivity (Wildman–Crippen MR) is 104 cm³/mol. The van der Waals surface area contributed by atoms with Crippen molar-refractivity contribution < 1.29 is 14.3 Å². The van der Waals surface area contributed by atoms with Crippen molar-refractivity contribution in [3.8, 4) is 11.5 Å². The van der Waals surface area contributed by atoms with Gasteiger partial charge in [0.2, 0.25) is 6.79 Å². The van der Waals surface area contributed by atoms with Crippen molar-refractivity contribution in [3.05, 3.63) is 76.0 Å². The van der Waals surface area contributed by atoms with Crippen LogP contribution in [0.5, 0.6) is 11.5 Å². The molecule has 1 aromatic heterocycles. The molecular weight excluding hydrogens is 366 g/mol. The van der Waals surface area contributed by atoms with Crippen LogP contribution in [0.3, 0.4) is 0 Å². The normalized spacial score (nSPS) is 12.2. The number of carbonyl (C=O) groups excluding carboxylic acids is 1. The summed E-state index contributed by atoms with van der Waals surface area (Å²) in [6.45, 7) is 0.694. The Morgan fingerprint density at radius 2 is 1.96 bits per heavy atom. The van der Waals surface area contributed by atoms with Crippen molar-refractivity contribution in [2.24, 2.45) is 0 Å². The summed E-state index contributed by atoms with van der Waals surface area (Å²) in [5.41, 5.74) is 1.68. The summed E-state index contributed by atoms with van der Waals surface area (Å²) < 4.78 is 10.7. The minimum absolute atomic E-state index is 0.0723. The van der Waals surface area contributed by atoms with Gasteiger partial charge in [-0.3, -0.25) is 4.79 Å². The number of nitrogens with one attached hydrogen (secondary N) is 1. The van der Waals surface area contributed by atoms with Crippen molar-refractivity contribution in [2.45, 2.75) is 17.2 Å². The molecule has 26 heavy (non-hydrogen) atoms. The molecule has 1 N–H and O–H groups in total. The summed E-state index contributed by atoms with van der Waals surface area (Å²) in [7, 11) is 0. The maximum absolute atomic E-state index is 12.7. The second-order valence-corrected chi connectivity index (χ2v) is 7.78. The molecule has 0 spiro atoms. The number of hydrogen-bond donors (Lipinski definition) is 1. The number of rotatable bonds is 6. The first-order valence-electron chi connectivity index (χ1n) is 8.20. The fourth-order valence-corrected chi connectivity index (χ4v) is 4.48. The van der Waals surface area contributed by atoms with Gasteiger partial charge >= 0.3 is 0 Å². The van der Waals surface area contributed by atoms with Crippen molar-refractivity contribution in [3.63, 3.8) is 0 Å². The van der Waals surface area contributed by atoms with E-state index in [0.29, 0.717) is 12.1 Å². The molecule has 0 fully saturated rings. The highest BCUT2D eigenvalue weighted by Gasteiger charge is 2.15. The summed E-state index contributed by atoms with van der Waals surface area (Å²) in [4.78, 5) is 14.9. The van der Waals surface area contributed by atoms with Gasteiger partial charge in [-0.1, -0.05) is 24.3 Å². The molecule has 0 radical (unpaired) electrons. The number of hydrogen-bond acceptors (Lipinski definition) is 5. The molecule has 0 bridgehead atoms. The number of thiophene rings is 1. The van der Waals surface area contributed by atoms with Crippen LogP contribution < -0.4 is 14.8 Å². The zero-order valence-corrected chi connectivity index (χ0v) is 15.6. The fraction of sp³-hybridized carbons (Fsp3) is 0.150. The third-order valence-electron chi connectivity index (χ3n) is 3.97. The van der Waals surface area contributed by atoms with Gasteiger partial charge in [-0.15, -0.1) is 23.1 Å². The Hall–Kier alpha value is -2.44. The largest absolute Gasteiger partial charge is 0.454 e. The first-order chi connectivity index (χ1) is 12.8. The molecule has 1 aliphatic rings. The molecule has 0 saturated heterocycles. The molecule has 132 valence electrons. The second kappa shape index (κ2) is 7.85. The van der Waals surface area contributed by atoms with Crippen molar-refractivity contribution in [1.29, 1.82) is 0 Å². The van der Waals surface area contributed by atoms with Gasteiger partial charge < -0.3 is 14.8 Å². The molecular formula is C20H17NO3S2. The molecule has 4 nitrogen and oxygen atoms in total. The number of carbonyl (C=O) groups is 1. The van der Waals surface area contributed by atoms with E-state index in [-0.39, 0.29) is 12.7 Å². The Morgan fingerprint density at radius 1 is 1.08 bits per heavy atom. The first-order valence-corrected chi connectivity index (χ1v) is 10.1. The van der Waals surface area contributed by atoms with Crippen LogP contribution in [0.2, 0.25) is 0 Å². The third kappa shape index (κ3) is 3.86. The smallest absolute Gasteiger partial charge is 0.252 e. The minimum atomic E-state index is -0.0723. The first kappa shape index (κ1) is 17.0. The molecule has 1 aliphatic heterocycles. The Labute approximate surface area is 160 Å². The van der Waals surface area contributed by atoms with Gasteiger partial charge in [0.15, 0.2) is 11.5 Å². The van der Waals surface area contributed by atoms with E-state index in [2.05, 4.69) is 16.8 Å². The van der Waals surface area contributed by atoms with Gasteiger partial charge in [-0.2, -0.15) is 0 Å². The van der Waals surface area contributed by atoms with Crippen LogP contribution in [0.4, 0.5) is 0 Å². The number of amides is 1. The van der Waals surface area contributed by atoms with E-state index in [1.165, 1.54) is 4.88 Å². The Bertz CT molecular complexity index is 909. The van der Waals surface area contributed by atoms with Crippen molar-refractivity contribution in [2.75, 3.05) is 6.79 Å². The molecule has 2 aromatic carbocycles. The Kier molecular flexibility index (Phi) is 5.13. The number of ether oxygens (including phenoxy) is 2. The van der Waals surface area contributed by atoms with E-state index in [9.17, 15) is 4.79 Å². The number of benzene rings is 2. The Morgan fingerprint density at radius 3 is 2.85 bits per heavy atom. The predicted octanol–water partition coefficient (Wildman–Crippen LogP) is 4.70. The number of fused-ring (bicyclic) bond motifs is 1. The lowest BCUT2D eigenvalue weighted by molar-refractivity contribution is 0.0948. The average Bonchev–Trinajstić information content (AvgIpc) is 3.35. The zero-order valence-electron chi connectivity index (χ0n) is 13.9. The van der Waals surface area contributed by atoms with E-state index < -0.39 is 0 Å². The maximum Gasteiger partial charge on any atom is 0.252 e. The summed E-state index contributed by atoms with van der Waals surface area (Å²) in [6, 6.07) is 17.6. The molecule has 0 aliphatic carbocycles. The van der Waals surface area contributed by atoms with Crippen LogP contribution >= 0.6 is 23.1 Å². The summed E-state index contributed by atoms with van der Waals surface area (Å²) in [5.74, 6) is 2.26. The lowest BCUT2D eigenvalue weighted by atomic mass is 10.1. The van der Waals surface area contributed by atoms with Crippen LogP contribution in [0, 0.1) is 0 Å². The Balaban J connectivity index is 1.41. The fourth-order valence-electron chi connectivity index (χ4n) is 2.65. The van der Waals surface area contributed by atoms with Gasteiger partial charge in [0, 0.05) is 22.1 Å². The van der Waals surface area contributed by atoms with Crippen molar-refractivity contribution in [1.82, 2.24) is 5.32 Å². The zero-order chi connectivity index (χ0) is 17.8. The van der Waals surface area contributed by atoms with Crippen LogP contribution in [0.1, 0.15) is 20.8 Å². The molecule has 6 heteroatoms. The van der Waals surface area contributed by atoms with Gasteiger partial charge in [-0.25, -0.2) is 0 Å². The van der Waals surface area contributed by atoms with E-state index in [1.807, 2.05) is 48.5 Å². The van der Waals surface area contributed by atoms with Crippen LogP contribution in [-0.2, 0) is 12.3 Å². The highest BCUT2D eigenvalue weighted by Crippen LogP contribution is 2.32. The van der Waals surface area contributed by atoms with E-state index in [1.54, 1.807) is 23.1 Å². The van der Waals surface area contributed by atoms with Crippen LogP contribution in [-0.4, -0.2) is 12.7 Å². The van der Waals surface area contributed by atoms with E-state index >= 15 is 0 Å². The van der Waals surface area contributed by atoms with Gasteiger partial charge in [-0.05, 0) is 41.3 Å². The molecule has 2 heterocycles. The van der Waals surface area contributed by atoms with Crippen LogP contribution in [0.15, 0.2) is 64.9 Å². The van der Waals surface area contributed by atoms with E-state index in [0.717, 1.165) is 27.7 Å². The average molecular weight is 383 g/mol. The lowest BCUT2D eigenvalue weighted by Gasteiger charge is -2.10. The van der Waals surface area contributed by atoms with Gasteiger partial charge in [0.25, 0.3) is 5.91 Å². The van der Waals surface area contributed by atoms with Crippen molar-refractivity contribution >= 4 is 29.0 Å². The SMILES string of the molecule is O=C(NCc1ccc2c(c1)OCO2)c1ccccc1SCc1cccs1. The molecule has 1 amide bonds. The minimum Gasteiger partial charge on any atom is -0.454 e. The molecule has 4 rings (SSSR count). The molecule has 3 aromatic rings. The molecule has 0 atom stereocenters. The monoisotopic (exact) mass is 383 g/mol. The topological polar surface area (TPSA) is 47.6 Å². The third-order valence-corrected chi connectivity index (χ3v) is 6.15. The van der Waals surface area contributed by atoms with E-state index in [4.69, 9.17) is 9.47 Å². The highest BCUT2D eigenvalue weighted by molar-refractivity contribution is 7.98. The lowest BCUT2D eigenvalue weighted by Crippen LogP contribution is -2.23. The number of thioether (sulfide) groups is 1. The maximum atomic E-state index is 12.7. The summed E-state index contributed by atoms with van der Waals surface area (Å²) in [5, 5.41) is 5.06. The molecule has 0 saturated carbocycles. The van der Waals surface area contributed by atoms with Gasteiger partial charge in [0.1, 0.15) is 0 Å². The standard InChI is InChI=1S/C20H17NO3S2/c22-20(21-11-14-7-8-17-18(10-14)24-13-23-17)16-5-1-2-6-19(16)26-12-15-4-3-9-25-15/h1-10H,11-13H2,(H,21,22).